The van der Waals surface area contributed by atoms with Crippen LogP contribution < -0.4 is 9.64 Å². The number of likely N-dealkylation sites (N-methyl/N-ethyl adjacent to an activating group) is 1. The molecule has 146 valence electrons. The second-order valence-corrected chi connectivity index (χ2v) is 7.45. The fourth-order valence-corrected chi connectivity index (χ4v) is 3.81. The molecule has 0 saturated carbocycles. The van der Waals surface area contributed by atoms with E-state index in [9.17, 15) is 4.79 Å². The molecule has 0 spiro atoms. The topological polar surface area (TPSA) is 62.1 Å². The van der Waals surface area contributed by atoms with Gasteiger partial charge in [0.2, 0.25) is 0 Å². The summed E-state index contributed by atoms with van der Waals surface area (Å²) >= 11 is 0. The number of hydrogen-bond donors (Lipinski definition) is 1. The molecule has 1 N–H and O–H groups in total. The molecule has 5 heteroatoms. The summed E-state index contributed by atoms with van der Waals surface area (Å²) in [5.41, 5.74) is 5.32. The number of fused-ring (bicyclic) bond motifs is 1. The Balaban J connectivity index is 2.01. The molecule has 1 aliphatic heterocycles. The first-order valence-electron chi connectivity index (χ1n) is 9.33. The molecule has 3 rings (SSSR count). The monoisotopic (exact) mass is 378 g/mol. The quantitative estimate of drug-likeness (QED) is 0.730. The fraction of sp³-hybridized carbons (Fsp3) is 0.304. The zero-order valence-electron chi connectivity index (χ0n) is 17.0. The zero-order valence-corrected chi connectivity index (χ0v) is 17.0. The van der Waals surface area contributed by atoms with E-state index in [4.69, 9.17) is 9.84 Å². The molecule has 0 aliphatic carbocycles. The number of methoxy groups -OCH3 is 1. The van der Waals surface area contributed by atoms with Crippen LogP contribution in [0.25, 0.3) is 5.57 Å². The lowest BCUT2D eigenvalue weighted by Crippen LogP contribution is -2.44. The average molecular weight is 378 g/mol. The van der Waals surface area contributed by atoms with E-state index in [1.54, 1.807) is 37.6 Å². The lowest BCUT2D eigenvalue weighted by Gasteiger charge is -2.43. The van der Waals surface area contributed by atoms with Crippen LogP contribution in [0.2, 0.25) is 0 Å². The summed E-state index contributed by atoms with van der Waals surface area (Å²) in [6.07, 6.45) is 4.05. The van der Waals surface area contributed by atoms with Crippen LogP contribution in [-0.4, -0.2) is 36.5 Å². The molecular formula is C23H26N2O3. The highest BCUT2D eigenvalue weighted by Gasteiger charge is 2.31. The highest BCUT2D eigenvalue weighted by molar-refractivity contribution is 5.92. The van der Waals surface area contributed by atoms with Crippen LogP contribution >= 0.6 is 0 Å². The number of anilines is 1. The molecule has 28 heavy (non-hydrogen) atoms. The van der Waals surface area contributed by atoms with Crippen molar-refractivity contribution in [2.75, 3.05) is 18.6 Å². The lowest BCUT2D eigenvalue weighted by atomic mass is 9.88. The van der Waals surface area contributed by atoms with Crippen LogP contribution in [0.15, 0.2) is 47.5 Å². The zero-order chi connectivity index (χ0) is 20.5. The number of carboxylic acids is 1. The van der Waals surface area contributed by atoms with E-state index in [0.717, 1.165) is 23.5 Å². The van der Waals surface area contributed by atoms with Crippen molar-refractivity contribution in [3.8, 4) is 5.75 Å². The molecule has 0 unspecified atom stereocenters. The van der Waals surface area contributed by atoms with E-state index in [2.05, 4.69) is 55.8 Å². The van der Waals surface area contributed by atoms with Gasteiger partial charge in [0.05, 0.1) is 23.9 Å². The Hall–Kier alpha value is -3.08. The van der Waals surface area contributed by atoms with Gasteiger partial charge in [0, 0.05) is 35.6 Å². The average Bonchev–Trinajstić information content (AvgIpc) is 2.65. The Morgan fingerprint density at radius 1 is 1.25 bits per heavy atom. The first kappa shape index (κ1) is 19.7. The molecule has 0 radical (unpaired) electrons. The number of allylic oxidation sites excluding steroid dienone is 1. The Kier molecular flexibility index (Phi) is 5.27. The summed E-state index contributed by atoms with van der Waals surface area (Å²) in [6, 6.07) is 10.7. The Bertz CT molecular complexity index is 957. The molecule has 2 aromatic carbocycles. The number of ether oxygens (including phenoxy) is 1. The second-order valence-electron chi connectivity index (χ2n) is 7.45. The molecule has 5 nitrogen and oxygen atoms in total. The molecule has 0 saturated heterocycles. The van der Waals surface area contributed by atoms with Gasteiger partial charge < -0.3 is 14.7 Å². The van der Waals surface area contributed by atoms with Crippen LogP contribution in [0, 0.1) is 0 Å². The summed E-state index contributed by atoms with van der Waals surface area (Å²) in [5.74, 6) is -0.189. The number of aliphatic imine (C=N–C) groups is 1. The van der Waals surface area contributed by atoms with Gasteiger partial charge in [-0.05, 0) is 63.6 Å². The second kappa shape index (κ2) is 7.50. The normalized spacial score (nSPS) is 15.3. The minimum atomic E-state index is -0.947. The molecular weight excluding hydrogens is 352 g/mol. The number of benzene rings is 2. The first-order valence-corrected chi connectivity index (χ1v) is 9.33. The van der Waals surface area contributed by atoms with Gasteiger partial charge in [-0.15, -0.1) is 0 Å². The minimum Gasteiger partial charge on any atom is -0.496 e. The number of carboxylic acid groups (broad SMARTS) is 1. The van der Waals surface area contributed by atoms with Gasteiger partial charge in [0.15, 0.2) is 0 Å². The van der Waals surface area contributed by atoms with Crippen LogP contribution in [0.4, 0.5) is 11.4 Å². The number of hydrogen-bond acceptors (Lipinski definition) is 4. The molecule has 0 amide bonds. The van der Waals surface area contributed by atoms with Gasteiger partial charge >= 0.3 is 5.97 Å². The fourth-order valence-electron chi connectivity index (χ4n) is 3.81. The third-order valence-electron chi connectivity index (χ3n) is 5.11. The van der Waals surface area contributed by atoms with E-state index in [1.807, 2.05) is 0 Å². The van der Waals surface area contributed by atoms with Crippen molar-refractivity contribution in [3.05, 3.63) is 59.2 Å². The molecule has 1 heterocycles. The molecule has 0 atom stereocenters. The van der Waals surface area contributed by atoms with Crippen molar-refractivity contribution in [3.63, 3.8) is 0 Å². The summed E-state index contributed by atoms with van der Waals surface area (Å²) in [6.45, 7) is 9.61. The van der Waals surface area contributed by atoms with Crippen LogP contribution in [0.1, 0.15) is 49.2 Å². The molecule has 1 aliphatic rings. The van der Waals surface area contributed by atoms with E-state index < -0.39 is 5.97 Å². The minimum absolute atomic E-state index is 0.0572. The van der Waals surface area contributed by atoms with Crippen LogP contribution in [0.5, 0.6) is 5.75 Å². The predicted molar refractivity (Wildman–Crippen MR) is 114 cm³/mol. The van der Waals surface area contributed by atoms with Gasteiger partial charge in [-0.25, -0.2) is 4.79 Å². The number of aromatic carboxylic acids is 1. The highest BCUT2D eigenvalue weighted by atomic mass is 16.5. The first-order chi connectivity index (χ1) is 13.3. The van der Waals surface area contributed by atoms with E-state index >= 15 is 0 Å². The summed E-state index contributed by atoms with van der Waals surface area (Å²) in [7, 11) is 1.66. The maximum absolute atomic E-state index is 11.0. The van der Waals surface area contributed by atoms with Crippen molar-refractivity contribution >= 4 is 29.1 Å². The largest absolute Gasteiger partial charge is 0.496 e. The van der Waals surface area contributed by atoms with Gasteiger partial charge in [-0.2, -0.15) is 0 Å². The van der Waals surface area contributed by atoms with Crippen molar-refractivity contribution in [1.82, 2.24) is 0 Å². The number of rotatable bonds is 5. The van der Waals surface area contributed by atoms with Crippen molar-refractivity contribution in [2.24, 2.45) is 4.99 Å². The van der Waals surface area contributed by atoms with Crippen LogP contribution in [-0.2, 0) is 0 Å². The van der Waals surface area contributed by atoms with Crippen molar-refractivity contribution < 1.29 is 14.6 Å². The molecule has 0 fully saturated rings. The summed E-state index contributed by atoms with van der Waals surface area (Å²) in [5, 5.41) is 9.00. The van der Waals surface area contributed by atoms with Gasteiger partial charge in [0.25, 0.3) is 0 Å². The Morgan fingerprint density at radius 3 is 2.50 bits per heavy atom. The Labute approximate surface area is 166 Å². The van der Waals surface area contributed by atoms with Gasteiger partial charge in [-0.3, -0.25) is 4.99 Å². The van der Waals surface area contributed by atoms with Crippen molar-refractivity contribution in [2.45, 2.75) is 33.2 Å². The van der Waals surface area contributed by atoms with E-state index in [1.165, 1.54) is 11.1 Å². The lowest BCUT2D eigenvalue weighted by molar-refractivity contribution is 0.0697. The van der Waals surface area contributed by atoms with E-state index in [0.29, 0.717) is 5.69 Å². The van der Waals surface area contributed by atoms with Gasteiger partial charge in [-0.1, -0.05) is 6.08 Å². The maximum atomic E-state index is 11.0. The SMILES string of the molecule is CCN1c2cc(OC)c(C=Nc3ccc(C(=O)O)cc3)cc2C(C)=CC1(C)C. The number of nitrogens with zero attached hydrogens (tertiary/aromatic N) is 2. The van der Waals surface area contributed by atoms with Gasteiger partial charge in [0.1, 0.15) is 5.75 Å². The summed E-state index contributed by atoms with van der Waals surface area (Å²) in [4.78, 5) is 17.8. The molecule has 2 aromatic rings. The predicted octanol–water partition coefficient (Wildman–Crippen LogP) is 5.17. The molecule has 0 aromatic heterocycles. The third kappa shape index (κ3) is 3.65. The Morgan fingerprint density at radius 2 is 1.93 bits per heavy atom. The molecule has 0 bridgehead atoms. The van der Waals surface area contributed by atoms with Crippen molar-refractivity contribution in [1.29, 1.82) is 0 Å². The summed E-state index contributed by atoms with van der Waals surface area (Å²) < 4.78 is 5.63. The van der Waals surface area contributed by atoms with Crippen LogP contribution in [0.3, 0.4) is 0 Å². The number of carbonyl (C=O) groups is 1. The third-order valence-corrected chi connectivity index (χ3v) is 5.11. The maximum Gasteiger partial charge on any atom is 0.335 e. The smallest absolute Gasteiger partial charge is 0.335 e. The highest BCUT2D eigenvalue weighted by Crippen LogP contribution is 2.41. The standard InChI is InChI=1S/C23H26N2O3/c1-6-25-20-12-21(28-5)17(11-19(20)15(2)13-23(25,3)4)14-24-18-9-7-16(8-10-18)22(26)27/h7-14H,6H2,1-5H3,(H,26,27). The van der Waals surface area contributed by atoms with E-state index in [-0.39, 0.29) is 11.1 Å².